The van der Waals surface area contributed by atoms with Crippen LogP contribution >= 0.6 is 0 Å². The second-order valence-electron chi connectivity index (χ2n) is 14.4. The summed E-state index contributed by atoms with van der Waals surface area (Å²) in [5.74, 6) is -3.47. The standard InChI is InChI=1S/C41H60N8O9/c1-27(2)38(41(56)44-29(4)39(54)45-31-13-11-28(3)12-14-31)47-36(51)18-21-57-23-24-58-22-19-43-40(55)33(15-16-37(52)53)46-35(50)17-20-49-32(26-48(6)42-5)25-30-9-7-8-10-34(30)49/h7-14,25,27,29,33,38,42H,15-24,26H2,1-6H3,(H,43,55)(H,44,56)(H,45,54)(H,46,50)(H,47,51)(H,52,53)/t29-,33-,38-/m0/s1. The molecule has 58 heavy (non-hydrogen) atoms. The highest BCUT2D eigenvalue weighted by Gasteiger charge is 2.27. The van der Waals surface area contributed by atoms with Crippen LogP contribution < -0.4 is 32.0 Å². The number of hydrogen-bond donors (Lipinski definition) is 7. The van der Waals surface area contributed by atoms with Crippen molar-refractivity contribution in [3.8, 4) is 0 Å². The van der Waals surface area contributed by atoms with Gasteiger partial charge in [-0.3, -0.25) is 34.2 Å². The molecule has 17 nitrogen and oxygen atoms in total. The van der Waals surface area contributed by atoms with E-state index in [4.69, 9.17) is 9.47 Å². The number of aliphatic carboxylic acids is 1. The van der Waals surface area contributed by atoms with Crippen molar-refractivity contribution in [3.05, 3.63) is 65.9 Å². The lowest BCUT2D eigenvalue weighted by Gasteiger charge is -2.24. The Balaban J connectivity index is 1.34. The molecule has 17 heteroatoms. The molecule has 0 bridgehead atoms. The van der Waals surface area contributed by atoms with E-state index < -0.39 is 35.9 Å². The van der Waals surface area contributed by atoms with Crippen molar-refractivity contribution >= 4 is 52.1 Å². The Kier molecular flexibility index (Phi) is 19.8. The third kappa shape index (κ3) is 16.2. The lowest BCUT2D eigenvalue weighted by molar-refractivity contribution is -0.138. The van der Waals surface area contributed by atoms with Gasteiger partial charge in [0.2, 0.25) is 29.5 Å². The van der Waals surface area contributed by atoms with Gasteiger partial charge in [-0.2, -0.15) is 0 Å². The number of amides is 5. The molecule has 0 aliphatic carbocycles. The molecule has 0 radical (unpaired) electrons. The van der Waals surface area contributed by atoms with E-state index in [9.17, 15) is 33.9 Å². The van der Waals surface area contributed by atoms with Gasteiger partial charge < -0.3 is 45.7 Å². The van der Waals surface area contributed by atoms with E-state index in [1.165, 1.54) is 0 Å². The SMILES string of the molecule is CNN(C)Cc1cc2ccccc2n1CCC(=O)N[C@@H](CCC(=O)O)C(=O)NCCOCCOCCC(=O)N[C@H](C(=O)N[C@@H](C)C(=O)Nc1ccc(C)cc1)C(C)C. The van der Waals surface area contributed by atoms with Crippen molar-refractivity contribution in [3.63, 3.8) is 0 Å². The Morgan fingerprint density at radius 2 is 1.47 bits per heavy atom. The van der Waals surface area contributed by atoms with Gasteiger partial charge in [-0.15, -0.1) is 0 Å². The van der Waals surface area contributed by atoms with E-state index >= 15 is 0 Å². The number of carbonyl (C=O) groups is 6. The molecule has 1 aromatic heterocycles. The fourth-order valence-corrected chi connectivity index (χ4v) is 5.89. The number of nitrogens with one attached hydrogen (secondary N) is 6. The lowest BCUT2D eigenvalue weighted by atomic mass is 10.0. The number of carbonyl (C=O) groups excluding carboxylic acids is 5. The van der Waals surface area contributed by atoms with E-state index in [1.807, 2.05) is 62.4 Å². The average molecular weight is 809 g/mol. The summed E-state index contributed by atoms with van der Waals surface area (Å²) in [5, 5.41) is 25.7. The minimum atomic E-state index is -1.08. The first-order chi connectivity index (χ1) is 27.7. The van der Waals surface area contributed by atoms with Crippen molar-refractivity contribution in [2.45, 2.75) is 84.6 Å². The first kappa shape index (κ1) is 47.0. The van der Waals surface area contributed by atoms with Crippen LogP contribution in [-0.2, 0) is 51.3 Å². The number of fused-ring (bicyclic) bond motifs is 1. The summed E-state index contributed by atoms with van der Waals surface area (Å²) in [6, 6.07) is 14.5. The summed E-state index contributed by atoms with van der Waals surface area (Å²) in [5.41, 5.74) is 6.73. The highest BCUT2D eigenvalue weighted by Crippen LogP contribution is 2.21. The molecule has 3 atom stereocenters. The maximum atomic E-state index is 13.0. The summed E-state index contributed by atoms with van der Waals surface area (Å²) in [4.78, 5) is 75.4. The fraction of sp³-hybridized carbons (Fsp3) is 0.512. The molecule has 2 aromatic carbocycles. The molecule has 0 fully saturated rings. The first-order valence-electron chi connectivity index (χ1n) is 19.6. The molecule has 3 rings (SSSR count). The Morgan fingerprint density at radius 1 is 0.793 bits per heavy atom. The molecule has 0 saturated heterocycles. The Labute approximate surface area is 339 Å². The van der Waals surface area contributed by atoms with Crippen molar-refractivity contribution < 1.29 is 43.3 Å². The zero-order valence-electron chi connectivity index (χ0n) is 34.4. The topological polar surface area (TPSA) is 221 Å². The van der Waals surface area contributed by atoms with Crippen LogP contribution in [0, 0.1) is 12.8 Å². The number of hydrogen-bond acceptors (Lipinski definition) is 10. The molecule has 0 aliphatic heterocycles. The third-order valence-electron chi connectivity index (χ3n) is 9.27. The zero-order chi connectivity index (χ0) is 42.6. The van der Waals surface area contributed by atoms with Crippen LogP contribution in [0.4, 0.5) is 5.69 Å². The largest absolute Gasteiger partial charge is 0.481 e. The van der Waals surface area contributed by atoms with Crippen LogP contribution in [-0.4, -0.2) is 115 Å². The summed E-state index contributed by atoms with van der Waals surface area (Å²) in [6.45, 7) is 8.73. The molecule has 5 amide bonds. The zero-order valence-corrected chi connectivity index (χ0v) is 34.4. The van der Waals surface area contributed by atoms with Crippen LogP contribution in [0.5, 0.6) is 0 Å². The average Bonchev–Trinajstić information content (AvgIpc) is 3.53. The van der Waals surface area contributed by atoms with Gasteiger partial charge in [0.25, 0.3) is 0 Å². The number of rotatable bonds is 26. The lowest BCUT2D eigenvalue weighted by Crippen LogP contribution is -2.53. The number of aryl methyl sites for hydroxylation is 2. The van der Waals surface area contributed by atoms with E-state index in [0.717, 1.165) is 22.2 Å². The number of nitrogens with zero attached hydrogens (tertiary/aromatic N) is 2. The van der Waals surface area contributed by atoms with Crippen molar-refractivity contribution in [2.24, 2.45) is 5.92 Å². The molecule has 0 unspecified atom stereocenters. The van der Waals surface area contributed by atoms with Crippen molar-refractivity contribution in [1.82, 2.24) is 36.3 Å². The normalized spacial score (nSPS) is 12.8. The summed E-state index contributed by atoms with van der Waals surface area (Å²) in [6.07, 6.45) is -0.298. The number of aromatic nitrogens is 1. The second-order valence-corrected chi connectivity index (χ2v) is 14.4. The number of hydrazine groups is 1. The van der Waals surface area contributed by atoms with Crippen LogP contribution in [0.25, 0.3) is 10.9 Å². The number of carboxylic acid groups (broad SMARTS) is 1. The number of para-hydroxylation sites is 1. The van der Waals surface area contributed by atoms with Crippen LogP contribution in [0.15, 0.2) is 54.6 Å². The molecule has 1 heterocycles. The second kappa shape index (κ2) is 24.4. The van der Waals surface area contributed by atoms with Gasteiger partial charge in [0.15, 0.2) is 0 Å². The molecular formula is C41H60N8O9. The monoisotopic (exact) mass is 808 g/mol. The molecule has 7 N–H and O–H groups in total. The van der Waals surface area contributed by atoms with Gasteiger partial charge in [0, 0.05) is 56.3 Å². The highest BCUT2D eigenvalue weighted by molar-refractivity contribution is 5.98. The Hall–Kier alpha value is -5.36. The fourth-order valence-electron chi connectivity index (χ4n) is 5.89. The predicted molar refractivity (Wildman–Crippen MR) is 219 cm³/mol. The first-order valence-corrected chi connectivity index (χ1v) is 19.6. The van der Waals surface area contributed by atoms with E-state index in [0.29, 0.717) is 18.8 Å². The quantitative estimate of drug-likeness (QED) is 0.0460. The molecule has 3 aromatic rings. The van der Waals surface area contributed by atoms with E-state index in [2.05, 4.69) is 42.6 Å². The van der Waals surface area contributed by atoms with E-state index in [-0.39, 0.29) is 82.3 Å². The number of anilines is 1. The van der Waals surface area contributed by atoms with Crippen LogP contribution in [0.1, 0.15) is 57.7 Å². The minimum Gasteiger partial charge on any atom is -0.481 e. The molecule has 0 saturated carbocycles. The number of carboxylic acids is 1. The maximum absolute atomic E-state index is 13.0. The van der Waals surface area contributed by atoms with Crippen LogP contribution in [0.2, 0.25) is 0 Å². The molecule has 0 spiro atoms. The summed E-state index contributed by atoms with van der Waals surface area (Å²) in [7, 11) is 3.74. The van der Waals surface area contributed by atoms with Gasteiger partial charge in [0.1, 0.15) is 18.1 Å². The van der Waals surface area contributed by atoms with Gasteiger partial charge in [0.05, 0.1) is 33.0 Å². The molecule has 318 valence electrons. The van der Waals surface area contributed by atoms with Gasteiger partial charge >= 0.3 is 5.97 Å². The van der Waals surface area contributed by atoms with Gasteiger partial charge in [-0.25, -0.2) is 5.01 Å². The van der Waals surface area contributed by atoms with Crippen molar-refractivity contribution in [1.29, 1.82) is 0 Å². The highest BCUT2D eigenvalue weighted by atomic mass is 16.5. The summed E-state index contributed by atoms with van der Waals surface area (Å²) >= 11 is 0. The maximum Gasteiger partial charge on any atom is 0.303 e. The molecule has 0 aliphatic rings. The third-order valence-corrected chi connectivity index (χ3v) is 9.27. The Bertz CT molecular complexity index is 1810. The number of benzene rings is 2. The minimum absolute atomic E-state index is 0.00363. The Morgan fingerprint density at radius 3 is 2.14 bits per heavy atom. The smallest absolute Gasteiger partial charge is 0.303 e. The van der Waals surface area contributed by atoms with Gasteiger partial charge in [-0.1, -0.05) is 49.7 Å². The van der Waals surface area contributed by atoms with Crippen molar-refractivity contribution in [2.75, 3.05) is 52.4 Å². The van der Waals surface area contributed by atoms with Crippen LogP contribution in [0.3, 0.4) is 0 Å². The van der Waals surface area contributed by atoms with E-state index in [1.54, 1.807) is 32.9 Å². The summed E-state index contributed by atoms with van der Waals surface area (Å²) < 4.78 is 13.1. The number of ether oxygens (including phenoxy) is 2. The molecular weight excluding hydrogens is 748 g/mol. The predicted octanol–water partition coefficient (Wildman–Crippen LogP) is 2.08. The van der Waals surface area contributed by atoms with Gasteiger partial charge in [-0.05, 0) is 62.9 Å².